The zero-order valence-electron chi connectivity index (χ0n) is 12.3. The number of aliphatic hydroxyl groups is 1. The van der Waals surface area contributed by atoms with Crippen LogP contribution in [-0.4, -0.2) is 36.0 Å². The van der Waals surface area contributed by atoms with Gasteiger partial charge in [-0.15, -0.1) is 6.58 Å². The first-order valence-corrected chi connectivity index (χ1v) is 6.63. The molecule has 0 aliphatic heterocycles. The highest BCUT2D eigenvalue weighted by Crippen LogP contribution is 2.15. The van der Waals surface area contributed by atoms with Crippen LogP contribution in [0.3, 0.4) is 0 Å². The number of hydrogen-bond donors (Lipinski definition) is 1. The maximum absolute atomic E-state index is 10.1. The summed E-state index contributed by atoms with van der Waals surface area (Å²) in [6.07, 6.45) is 4.28. The lowest BCUT2D eigenvalue weighted by atomic mass is 9.97. The van der Waals surface area contributed by atoms with Crippen molar-refractivity contribution < 1.29 is 14.6 Å². The summed E-state index contributed by atoms with van der Waals surface area (Å²) in [6, 6.07) is 5.53. The Balaban J connectivity index is 2.53. The molecule has 0 aromatic carbocycles. The molecule has 3 atom stereocenters. The highest BCUT2D eigenvalue weighted by atomic mass is 16.5. The Morgan fingerprint density at radius 1 is 1.50 bits per heavy atom. The predicted molar refractivity (Wildman–Crippen MR) is 79.7 cm³/mol. The second kappa shape index (κ2) is 8.51. The average Bonchev–Trinajstić information content (AvgIpc) is 2.47. The minimum Gasteiger partial charge on any atom is -0.473 e. The van der Waals surface area contributed by atoms with Crippen LogP contribution in [0.25, 0.3) is 0 Å². The summed E-state index contributed by atoms with van der Waals surface area (Å²) < 4.78 is 10.7. The van der Waals surface area contributed by atoms with Crippen LogP contribution in [-0.2, 0) is 4.74 Å². The first-order chi connectivity index (χ1) is 9.58. The van der Waals surface area contributed by atoms with E-state index in [1.54, 1.807) is 19.4 Å². The number of hydrogen-bond acceptors (Lipinski definition) is 4. The van der Waals surface area contributed by atoms with Crippen molar-refractivity contribution in [2.45, 2.75) is 26.1 Å². The molecule has 0 fully saturated rings. The minimum atomic E-state index is -0.623. The van der Waals surface area contributed by atoms with Gasteiger partial charge < -0.3 is 14.6 Å². The number of ether oxygens (including phenoxy) is 2. The molecule has 4 nitrogen and oxygen atoms in total. The predicted octanol–water partition coefficient (Wildman–Crippen LogP) is 2.60. The first-order valence-electron chi connectivity index (χ1n) is 6.63. The van der Waals surface area contributed by atoms with Gasteiger partial charge in [0, 0.05) is 25.3 Å². The molecule has 0 saturated heterocycles. The summed E-state index contributed by atoms with van der Waals surface area (Å²) in [5.74, 6) is 0.541. The van der Waals surface area contributed by atoms with Crippen LogP contribution < -0.4 is 4.74 Å². The van der Waals surface area contributed by atoms with E-state index in [0.29, 0.717) is 12.5 Å². The van der Waals surface area contributed by atoms with Crippen LogP contribution >= 0.6 is 0 Å². The third kappa shape index (κ3) is 5.15. The van der Waals surface area contributed by atoms with Gasteiger partial charge in [-0.3, -0.25) is 0 Å². The van der Waals surface area contributed by atoms with Crippen molar-refractivity contribution in [3.63, 3.8) is 0 Å². The molecule has 1 aromatic heterocycles. The number of aliphatic hydroxyl groups excluding tert-OH is 1. The molecule has 0 radical (unpaired) electrons. The number of methoxy groups -OCH3 is 1. The molecular weight excluding hydrogens is 254 g/mol. The van der Waals surface area contributed by atoms with Gasteiger partial charge in [-0.2, -0.15) is 0 Å². The molecule has 1 aromatic rings. The van der Waals surface area contributed by atoms with Crippen molar-refractivity contribution in [1.29, 1.82) is 0 Å². The van der Waals surface area contributed by atoms with Crippen molar-refractivity contribution in [3.8, 4) is 5.88 Å². The maximum Gasteiger partial charge on any atom is 0.213 e. The van der Waals surface area contributed by atoms with E-state index in [1.807, 2.05) is 38.1 Å². The molecule has 1 rings (SSSR count). The summed E-state index contributed by atoms with van der Waals surface area (Å²) in [6.45, 7) is 7.99. The normalized spacial score (nSPS) is 16.3. The molecular formula is C16H23NO3. The van der Waals surface area contributed by atoms with E-state index in [9.17, 15) is 5.11 Å². The Labute approximate surface area is 120 Å². The molecule has 4 heteroatoms. The van der Waals surface area contributed by atoms with Crippen LogP contribution in [0.15, 0.2) is 48.7 Å². The molecule has 20 heavy (non-hydrogen) atoms. The first kappa shape index (κ1) is 16.4. The second-order valence-electron chi connectivity index (χ2n) is 4.76. The monoisotopic (exact) mass is 277 g/mol. The van der Waals surface area contributed by atoms with Gasteiger partial charge in [0.1, 0.15) is 12.7 Å². The molecule has 0 unspecified atom stereocenters. The third-order valence-corrected chi connectivity index (χ3v) is 3.01. The van der Waals surface area contributed by atoms with Gasteiger partial charge >= 0.3 is 0 Å². The Hall–Kier alpha value is -1.65. The van der Waals surface area contributed by atoms with Crippen LogP contribution in [0, 0.1) is 5.92 Å². The van der Waals surface area contributed by atoms with E-state index in [0.717, 1.165) is 5.57 Å². The Morgan fingerprint density at radius 2 is 2.25 bits per heavy atom. The van der Waals surface area contributed by atoms with Gasteiger partial charge in [-0.05, 0) is 18.6 Å². The Kier molecular flexibility index (Phi) is 6.98. The lowest BCUT2D eigenvalue weighted by Crippen LogP contribution is -2.31. The second-order valence-corrected chi connectivity index (χ2v) is 4.76. The molecule has 1 heterocycles. The standard InChI is InChI=1S/C16H23NO3/c1-5-14(19-4)16(18)13(3)10-12(2)11-20-15-8-6-7-9-17-15/h5-10,13-14,16,18H,1,11H2,2-4H3/b12-10-/t13-,14+,16+/m1/s1. The van der Waals surface area contributed by atoms with Crippen molar-refractivity contribution >= 4 is 0 Å². The lowest BCUT2D eigenvalue weighted by molar-refractivity contribution is -0.00159. The van der Waals surface area contributed by atoms with E-state index < -0.39 is 6.10 Å². The molecule has 0 saturated carbocycles. The van der Waals surface area contributed by atoms with Crippen molar-refractivity contribution in [2.24, 2.45) is 5.92 Å². The minimum absolute atomic E-state index is 0.0507. The number of nitrogens with zero attached hydrogens (tertiary/aromatic N) is 1. The highest BCUT2D eigenvalue weighted by Gasteiger charge is 2.20. The number of pyridine rings is 1. The van der Waals surface area contributed by atoms with Gasteiger partial charge in [0.25, 0.3) is 0 Å². The smallest absolute Gasteiger partial charge is 0.213 e. The average molecular weight is 277 g/mol. The van der Waals surface area contributed by atoms with Crippen molar-refractivity contribution in [2.75, 3.05) is 13.7 Å². The quantitative estimate of drug-likeness (QED) is 0.742. The van der Waals surface area contributed by atoms with Gasteiger partial charge in [0.2, 0.25) is 5.88 Å². The lowest BCUT2D eigenvalue weighted by Gasteiger charge is -2.22. The molecule has 0 spiro atoms. The summed E-state index contributed by atoms with van der Waals surface area (Å²) in [5.41, 5.74) is 1.03. The Bertz CT molecular complexity index is 431. The van der Waals surface area contributed by atoms with Crippen LogP contribution in [0.1, 0.15) is 13.8 Å². The van der Waals surface area contributed by atoms with Gasteiger partial charge in [-0.25, -0.2) is 4.98 Å². The molecule has 0 amide bonds. The number of rotatable bonds is 8. The number of aromatic nitrogens is 1. The fourth-order valence-electron chi connectivity index (χ4n) is 1.89. The zero-order valence-corrected chi connectivity index (χ0v) is 12.3. The summed E-state index contributed by atoms with van der Waals surface area (Å²) in [4.78, 5) is 4.09. The van der Waals surface area contributed by atoms with E-state index in [2.05, 4.69) is 11.6 Å². The van der Waals surface area contributed by atoms with E-state index in [-0.39, 0.29) is 12.0 Å². The van der Waals surface area contributed by atoms with Crippen molar-refractivity contribution in [1.82, 2.24) is 4.98 Å². The van der Waals surface area contributed by atoms with Gasteiger partial charge in [-0.1, -0.05) is 25.1 Å². The van der Waals surface area contributed by atoms with E-state index in [4.69, 9.17) is 9.47 Å². The fraction of sp³-hybridized carbons (Fsp3) is 0.438. The topological polar surface area (TPSA) is 51.6 Å². The van der Waals surface area contributed by atoms with Crippen LogP contribution in [0.2, 0.25) is 0 Å². The fourth-order valence-corrected chi connectivity index (χ4v) is 1.89. The van der Waals surface area contributed by atoms with E-state index >= 15 is 0 Å². The molecule has 0 aliphatic carbocycles. The maximum atomic E-state index is 10.1. The summed E-state index contributed by atoms with van der Waals surface area (Å²) >= 11 is 0. The third-order valence-electron chi connectivity index (χ3n) is 3.01. The largest absolute Gasteiger partial charge is 0.473 e. The zero-order chi connectivity index (χ0) is 15.0. The van der Waals surface area contributed by atoms with E-state index in [1.165, 1.54) is 0 Å². The van der Waals surface area contributed by atoms with Crippen molar-refractivity contribution in [3.05, 3.63) is 48.7 Å². The highest BCUT2D eigenvalue weighted by molar-refractivity contribution is 5.12. The van der Waals surface area contributed by atoms with Gasteiger partial charge in [0.15, 0.2) is 0 Å². The molecule has 0 aliphatic rings. The van der Waals surface area contributed by atoms with Gasteiger partial charge in [0.05, 0.1) is 6.10 Å². The van der Waals surface area contributed by atoms with Crippen LogP contribution in [0.5, 0.6) is 5.88 Å². The SMILES string of the molecule is C=C[C@H](OC)[C@@H](O)[C@H](C)/C=C(/C)COc1ccccn1. The Morgan fingerprint density at radius 3 is 2.80 bits per heavy atom. The molecule has 110 valence electrons. The molecule has 1 N–H and O–H groups in total. The van der Waals surface area contributed by atoms with Crippen LogP contribution in [0.4, 0.5) is 0 Å². The molecule has 0 bridgehead atoms. The summed E-state index contributed by atoms with van der Waals surface area (Å²) in [5, 5.41) is 10.1. The summed E-state index contributed by atoms with van der Waals surface area (Å²) in [7, 11) is 1.56.